The van der Waals surface area contributed by atoms with Gasteiger partial charge in [-0.05, 0) is 31.0 Å². The monoisotopic (exact) mass is 319 g/mol. The number of hydrogen-bond acceptors (Lipinski definition) is 4. The Kier molecular flexibility index (Phi) is 5.42. The van der Waals surface area contributed by atoms with E-state index in [2.05, 4.69) is 19.2 Å². The molecule has 2 atom stereocenters. The van der Waals surface area contributed by atoms with Crippen LogP contribution in [0.25, 0.3) is 0 Å². The lowest BCUT2D eigenvalue weighted by atomic mass is 9.60. The van der Waals surface area contributed by atoms with Gasteiger partial charge in [0.25, 0.3) is 5.91 Å². The molecular formula is C18H25NO4. The Labute approximate surface area is 137 Å². The van der Waals surface area contributed by atoms with Crippen molar-refractivity contribution in [1.82, 2.24) is 5.32 Å². The standard InChI is InChI=1S/C18H25NO4/c1-5-18(6-2)14(22-4)11-15(18)23-17(21)13-9-7-8-12(10-13)16(20)19-3/h7-10,14-15H,5-6,11H2,1-4H3,(H,19,20)/t14-,15-/m1/s1. The number of benzene rings is 1. The summed E-state index contributed by atoms with van der Waals surface area (Å²) >= 11 is 0. The highest BCUT2D eigenvalue weighted by Crippen LogP contribution is 2.50. The van der Waals surface area contributed by atoms with Gasteiger partial charge in [0.15, 0.2) is 0 Å². The van der Waals surface area contributed by atoms with Crippen LogP contribution in [0.15, 0.2) is 24.3 Å². The van der Waals surface area contributed by atoms with Crippen LogP contribution in [0.3, 0.4) is 0 Å². The van der Waals surface area contributed by atoms with Gasteiger partial charge in [-0.25, -0.2) is 4.79 Å². The maximum absolute atomic E-state index is 12.4. The van der Waals surface area contributed by atoms with Gasteiger partial charge in [-0.1, -0.05) is 19.9 Å². The molecule has 0 aliphatic heterocycles. The first kappa shape index (κ1) is 17.5. The number of carbonyl (C=O) groups is 2. The van der Waals surface area contributed by atoms with Crippen LogP contribution in [0.5, 0.6) is 0 Å². The molecule has 1 aliphatic carbocycles. The molecular weight excluding hydrogens is 294 g/mol. The van der Waals surface area contributed by atoms with E-state index in [1.807, 2.05) is 0 Å². The fourth-order valence-corrected chi connectivity index (χ4v) is 3.50. The van der Waals surface area contributed by atoms with Gasteiger partial charge in [-0.2, -0.15) is 0 Å². The van der Waals surface area contributed by atoms with E-state index in [0.29, 0.717) is 11.1 Å². The predicted molar refractivity (Wildman–Crippen MR) is 87.5 cm³/mol. The van der Waals surface area contributed by atoms with Crippen molar-refractivity contribution in [1.29, 1.82) is 0 Å². The summed E-state index contributed by atoms with van der Waals surface area (Å²) in [6.45, 7) is 4.20. The highest BCUT2D eigenvalue weighted by atomic mass is 16.6. The number of rotatable bonds is 6. The third kappa shape index (κ3) is 3.11. The van der Waals surface area contributed by atoms with E-state index in [0.717, 1.165) is 19.3 Å². The van der Waals surface area contributed by atoms with Crippen molar-refractivity contribution in [2.75, 3.05) is 14.2 Å². The largest absolute Gasteiger partial charge is 0.458 e. The number of hydrogen-bond donors (Lipinski definition) is 1. The highest BCUT2D eigenvalue weighted by molar-refractivity contribution is 5.97. The summed E-state index contributed by atoms with van der Waals surface area (Å²) in [5.74, 6) is -0.610. The summed E-state index contributed by atoms with van der Waals surface area (Å²) in [5.41, 5.74) is 0.735. The number of methoxy groups -OCH3 is 1. The highest BCUT2D eigenvalue weighted by Gasteiger charge is 2.55. The molecule has 1 fully saturated rings. The fourth-order valence-electron chi connectivity index (χ4n) is 3.50. The normalized spacial score (nSPS) is 22.1. The summed E-state index contributed by atoms with van der Waals surface area (Å²) in [6, 6.07) is 6.59. The molecule has 0 unspecified atom stereocenters. The fraction of sp³-hybridized carbons (Fsp3) is 0.556. The molecule has 1 aromatic rings. The molecule has 1 aliphatic rings. The molecule has 0 spiro atoms. The quantitative estimate of drug-likeness (QED) is 0.819. The Balaban J connectivity index is 2.12. The molecule has 1 amide bonds. The Morgan fingerprint density at radius 3 is 2.43 bits per heavy atom. The summed E-state index contributed by atoms with van der Waals surface area (Å²) in [5, 5.41) is 2.55. The van der Waals surface area contributed by atoms with Crippen molar-refractivity contribution >= 4 is 11.9 Å². The molecule has 5 nitrogen and oxygen atoms in total. The average molecular weight is 319 g/mol. The van der Waals surface area contributed by atoms with Crippen LogP contribution in [-0.4, -0.2) is 38.2 Å². The summed E-state index contributed by atoms with van der Waals surface area (Å²) in [6.07, 6.45) is 2.52. The van der Waals surface area contributed by atoms with E-state index < -0.39 is 0 Å². The smallest absolute Gasteiger partial charge is 0.338 e. The van der Waals surface area contributed by atoms with Gasteiger partial charge < -0.3 is 14.8 Å². The third-order valence-electron chi connectivity index (χ3n) is 5.15. The Hall–Kier alpha value is -1.88. The van der Waals surface area contributed by atoms with Gasteiger partial charge in [0.05, 0.1) is 11.7 Å². The maximum Gasteiger partial charge on any atom is 0.338 e. The van der Waals surface area contributed by atoms with Crippen LogP contribution >= 0.6 is 0 Å². The molecule has 1 saturated carbocycles. The van der Waals surface area contributed by atoms with E-state index in [-0.39, 0.29) is 29.5 Å². The molecule has 5 heteroatoms. The van der Waals surface area contributed by atoms with Crippen molar-refractivity contribution in [3.05, 3.63) is 35.4 Å². The number of carbonyl (C=O) groups excluding carboxylic acids is 2. The van der Waals surface area contributed by atoms with Crippen molar-refractivity contribution < 1.29 is 19.1 Å². The van der Waals surface area contributed by atoms with Crippen LogP contribution in [0.1, 0.15) is 53.8 Å². The number of amides is 1. The average Bonchev–Trinajstić information content (AvgIpc) is 2.58. The van der Waals surface area contributed by atoms with Crippen molar-refractivity contribution in [2.24, 2.45) is 5.41 Å². The minimum Gasteiger partial charge on any atom is -0.458 e. The van der Waals surface area contributed by atoms with Crippen LogP contribution in [0.4, 0.5) is 0 Å². The van der Waals surface area contributed by atoms with Gasteiger partial charge in [0, 0.05) is 31.6 Å². The minimum atomic E-state index is -0.387. The molecule has 0 heterocycles. The number of nitrogens with one attached hydrogen (secondary N) is 1. The minimum absolute atomic E-state index is 0.108. The predicted octanol–water partition coefficient (Wildman–Crippen LogP) is 2.80. The Morgan fingerprint density at radius 2 is 1.87 bits per heavy atom. The molecule has 0 aromatic heterocycles. The van der Waals surface area contributed by atoms with Crippen molar-refractivity contribution in [3.63, 3.8) is 0 Å². The Morgan fingerprint density at radius 1 is 1.22 bits per heavy atom. The van der Waals surface area contributed by atoms with Crippen molar-refractivity contribution in [3.8, 4) is 0 Å². The maximum atomic E-state index is 12.4. The van der Waals surface area contributed by atoms with Crippen LogP contribution in [0, 0.1) is 5.41 Å². The lowest BCUT2D eigenvalue weighted by Gasteiger charge is -2.53. The zero-order valence-electron chi connectivity index (χ0n) is 14.2. The summed E-state index contributed by atoms with van der Waals surface area (Å²) in [7, 11) is 3.26. The molecule has 2 rings (SSSR count). The topological polar surface area (TPSA) is 64.6 Å². The van der Waals surface area contributed by atoms with Crippen molar-refractivity contribution in [2.45, 2.75) is 45.3 Å². The lowest BCUT2D eigenvalue weighted by molar-refractivity contribution is -0.186. The Bertz CT molecular complexity index is 580. The molecule has 126 valence electrons. The first-order chi connectivity index (χ1) is 11.0. The van der Waals surface area contributed by atoms with Gasteiger partial charge in [-0.15, -0.1) is 0 Å². The second-order valence-corrected chi connectivity index (χ2v) is 5.95. The van der Waals surface area contributed by atoms with E-state index in [9.17, 15) is 9.59 Å². The van der Waals surface area contributed by atoms with Crippen LogP contribution in [0.2, 0.25) is 0 Å². The van der Waals surface area contributed by atoms with Crippen LogP contribution in [-0.2, 0) is 9.47 Å². The van der Waals surface area contributed by atoms with E-state index in [4.69, 9.17) is 9.47 Å². The van der Waals surface area contributed by atoms with E-state index >= 15 is 0 Å². The SMILES string of the molecule is CCC1(CC)[C@H](OC)C[C@H]1OC(=O)c1cccc(C(=O)NC)c1. The molecule has 0 radical (unpaired) electrons. The van der Waals surface area contributed by atoms with Crippen LogP contribution < -0.4 is 5.32 Å². The van der Waals surface area contributed by atoms with Gasteiger partial charge in [-0.3, -0.25) is 4.79 Å². The second-order valence-electron chi connectivity index (χ2n) is 5.95. The molecule has 0 bridgehead atoms. The zero-order chi connectivity index (χ0) is 17.0. The third-order valence-corrected chi connectivity index (χ3v) is 5.15. The van der Waals surface area contributed by atoms with E-state index in [1.54, 1.807) is 38.4 Å². The van der Waals surface area contributed by atoms with Gasteiger partial charge in [0.2, 0.25) is 0 Å². The number of esters is 1. The summed E-state index contributed by atoms with van der Waals surface area (Å²) < 4.78 is 11.2. The second kappa shape index (κ2) is 7.13. The lowest BCUT2D eigenvalue weighted by Crippen LogP contribution is -2.58. The molecule has 0 saturated heterocycles. The molecule has 1 aromatic carbocycles. The zero-order valence-corrected chi connectivity index (χ0v) is 14.2. The van der Waals surface area contributed by atoms with Gasteiger partial charge in [0.1, 0.15) is 6.10 Å². The summed E-state index contributed by atoms with van der Waals surface area (Å²) in [4.78, 5) is 24.1. The first-order valence-corrected chi connectivity index (χ1v) is 8.08. The number of ether oxygens (including phenoxy) is 2. The first-order valence-electron chi connectivity index (χ1n) is 8.08. The molecule has 1 N–H and O–H groups in total. The van der Waals surface area contributed by atoms with Gasteiger partial charge >= 0.3 is 5.97 Å². The molecule has 23 heavy (non-hydrogen) atoms. The van der Waals surface area contributed by atoms with E-state index in [1.165, 1.54) is 0 Å².